The predicted octanol–water partition coefficient (Wildman–Crippen LogP) is 2.54. The van der Waals surface area contributed by atoms with Crippen LogP contribution in [0, 0.1) is 23.7 Å². The summed E-state index contributed by atoms with van der Waals surface area (Å²) in [6.07, 6.45) is 7.26. The molecule has 3 rings (SSSR count). The second-order valence-electron chi connectivity index (χ2n) is 5.19. The summed E-state index contributed by atoms with van der Waals surface area (Å²) in [5.74, 6) is 3.24. The smallest absolute Gasteiger partial charge is 0.330 e. The fourth-order valence-corrected chi connectivity index (χ4v) is 3.98. The number of fused-ring (bicyclic) bond motifs is 1. The Labute approximate surface area is 90.7 Å². The third kappa shape index (κ3) is 1.34. The Kier molecular flexibility index (Phi) is 2.11. The van der Waals surface area contributed by atoms with Gasteiger partial charge in [0.1, 0.15) is 0 Å². The van der Waals surface area contributed by atoms with Gasteiger partial charge in [-0.25, -0.2) is 4.79 Å². The Morgan fingerprint density at radius 2 is 2.27 bits per heavy atom. The van der Waals surface area contributed by atoms with E-state index in [1.165, 1.54) is 31.3 Å². The van der Waals surface area contributed by atoms with Gasteiger partial charge >= 0.3 is 5.97 Å². The SMILES string of the molecule is CCOC(=O)/C=C1\C2CCC3CC1C2C3. The first-order valence-electron chi connectivity index (χ1n) is 6.17. The van der Waals surface area contributed by atoms with E-state index in [2.05, 4.69) is 0 Å². The van der Waals surface area contributed by atoms with Crippen LogP contribution in [0.5, 0.6) is 0 Å². The van der Waals surface area contributed by atoms with Crippen molar-refractivity contribution in [1.82, 2.24) is 0 Å². The summed E-state index contributed by atoms with van der Waals surface area (Å²) in [6.45, 7) is 2.35. The lowest BCUT2D eigenvalue weighted by Crippen LogP contribution is -2.37. The fourth-order valence-electron chi connectivity index (χ4n) is 3.98. The van der Waals surface area contributed by atoms with Crippen LogP contribution in [0.15, 0.2) is 11.6 Å². The molecule has 0 aliphatic heterocycles. The van der Waals surface area contributed by atoms with Crippen LogP contribution in [0.2, 0.25) is 0 Å². The number of hydrogen-bond acceptors (Lipinski definition) is 2. The van der Waals surface area contributed by atoms with Crippen molar-refractivity contribution in [3.05, 3.63) is 11.6 Å². The second-order valence-corrected chi connectivity index (χ2v) is 5.19. The molecule has 3 fully saturated rings. The normalized spacial score (nSPS) is 43.9. The van der Waals surface area contributed by atoms with Gasteiger partial charge < -0.3 is 4.74 Å². The van der Waals surface area contributed by atoms with Crippen molar-refractivity contribution >= 4 is 5.97 Å². The van der Waals surface area contributed by atoms with E-state index in [1.807, 2.05) is 6.92 Å². The zero-order chi connectivity index (χ0) is 10.4. The highest BCUT2D eigenvalue weighted by molar-refractivity contribution is 5.83. The molecule has 0 saturated heterocycles. The molecule has 2 heteroatoms. The van der Waals surface area contributed by atoms with Gasteiger partial charge in [0.05, 0.1) is 6.61 Å². The lowest BCUT2D eigenvalue weighted by atomic mass is 9.60. The number of ether oxygens (including phenoxy) is 1. The molecule has 3 saturated carbocycles. The average molecular weight is 206 g/mol. The minimum absolute atomic E-state index is 0.124. The molecule has 3 aliphatic carbocycles. The van der Waals surface area contributed by atoms with Crippen LogP contribution in [0.1, 0.15) is 32.6 Å². The van der Waals surface area contributed by atoms with Gasteiger partial charge in [-0.3, -0.25) is 0 Å². The zero-order valence-electron chi connectivity index (χ0n) is 9.24. The second kappa shape index (κ2) is 3.36. The largest absolute Gasteiger partial charge is 0.463 e. The maximum Gasteiger partial charge on any atom is 0.330 e. The Balaban J connectivity index is 1.76. The van der Waals surface area contributed by atoms with Gasteiger partial charge in [0, 0.05) is 6.08 Å². The van der Waals surface area contributed by atoms with Crippen LogP contribution in [0.4, 0.5) is 0 Å². The number of carbonyl (C=O) groups excluding carboxylic acids is 1. The van der Waals surface area contributed by atoms with Gasteiger partial charge in [-0.05, 0) is 56.3 Å². The molecule has 3 aliphatic rings. The Bertz CT molecular complexity index is 310. The Morgan fingerprint density at radius 3 is 3.07 bits per heavy atom. The summed E-state index contributed by atoms with van der Waals surface area (Å²) in [5, 5.41) is 0. The number of esters is 1. The van der Waals surface area contributed by atoms with Gasteiger partial charge in [-0.15, -0.1) is 0 Å². The maximum absolute atomic E-state index is 11.4. The van der Waals surface area contributed by atoms with Gasteiger partial charge in [-0.2, -0.15) is 0 Å². The quantitative estimate of drug-likeness (QED) is 0.512. The van der Waals surface area contributed by atoms with E-state index in [4.69, 9.17) is 4.74 Å². The highest BCUT2D eigenvalue weighted by Gasteiger charge is 2.54. The zero-order valence-corrected chi connectivity index (χ0v) is 9.24. The molecule has 0 aromatic rings. The Morgan fingerprint density at radius 1 is 1.40 bits per heavy atom. The first kappa shape index (κ1) is 9.44. The van der Waals surface area contributed by atoms with Gasteiger partial charge in [0.25, 0.3) is 0 Å². The van der Waals surface area contributed by atoms with E-state index in [-0.39, 0.29) is 5.97 Å². The summed E-state index contributed by atoms with van der Waals surface area (Å²) in [5.41, 5.74) is 1.42. The summed E-state index contributed by atoms with van der Waals surface area (Å²) in [7, 11) is 0. The third-order valence-electron chi connectivity index (χ3n) is 4.54. The van der Waals surface area contributed by atoms with Crippen LogP contribution in [0.3, 0.4) is 0 Å². The van der Waals surface area contributed by atoms with Crippen molar-refractivity contribution in [3.63, 3.8) is 0 Å². The van der Waals surface area contributed by atoms with Crippen LogP contribution < -0.4 is 0 Å². The first-order valence-corrected chi connectivity index (χ1v) is 6.17. The Hall–Kier alpha value is -0.790. The van der Waals surface area contributed by atoms with E-state index in [0.29, 0.717) is 6.61 Å². The lowest BCUT2D eigenvalue weighted by molar-refractivity contribution is -0.137. The topological polar surface area (TPSA) is 26.3 Å². The molecule has 0 heterocycles. The van der Waals surface area contributed by atoms with Crippen LogP contribution >= 0.6 is 0 Å². The number of allylic oxidation sites excluding steroid dienone is 1. The molecule has 82 valence electrons. The molecule has 0 N–H and O–H groups in total. The van der Waals surface area contributed by atoms with Crippen molar-refractivity contribution in [2.24, 2.45) is 23.7 Å². The van der Waals surface area contributed by atoms with E-state index in [9.17, 15) is 4.79 Å². The van der Waals surface area contributed by atoms with E-state index >= 15 is 0 Å². The summed E-state index contributed by atoms with van der Waals surface area (Å²) in [6, 6.07) is 0. The van der Waals surface area contributed by atoms with Crippen molar-refractivity contribution in [2.45, 2.75) is 32.6 Å². The van der Waals surface area contributed by atoms with Crippen molar-refractivity contribution in [2.75, 3.05) is 6.61 Å². The van der Waals surface area contributed by atoms with Crippen molar-refractivity contribution < 1.29 is 9.53 Å². The monoisotopic (exact) mass is 206 g/mol. The van der Waals surface area contributed by atoms with E-state index < -0.39 is 0 Å². The van der Waals surface area contributed by atoms with E-state index in [1.54, 1.807) is 6.08 Å². The first-order chi connectivity index (χ1) is 7.29. The van der Waals surface area contributed by atoms with Crippen molar-refractivity contribution in [1.29, 1.82) is 0 Å². The standard InChI is InChI=1S/C13H18O2/c1-2-15-13(14)7-12-9-4-3-8-5-10(9)11(12)6-8/h7-11H,2-6H2,1H3/b12-7+. The third-order valence-corrected chi connectivity index (χ3v) is 4.54. The maximum atomic E-state index is 11.4. The van der Waals surface area contributed by atoms with E-state index in [0.717, 1.165) is 23.7 Å². The molecule has 0 spiro atoms. The fraction of sp³-hybridized carbons (Fsp3) is 0.769. The van der Waals surface area contributed by atoms with Crippen LogP contribution in [-0.2, 0) is 9.53 Å². The molecule has 15 heavy (non-hydrogen) atoms. The summed E-state index contributed by atoms with van der Waals surface area (Å²) in [4.78, 5) is 11.4. The predicted molar refractivity (Wildman–Crippen MR) is 57.1 cm³/mol. The molecule has 0 aromatic heterocycles. The van der Waals surface area contributed by atoms with Crippen LogP contribution in [0.25, 0.3) is 0 Å². The number of hydrogen-bond donors (Lipinski definition) is 0. The molecular weight excluding hydrogens is 188 g/mol. The van der Waals surface area contributed by atoms with Crippen molar-refractivity contribution in [3.8, 4) is 0 Å². The van der Waals surface area contributed by atoms with Gasteiger partial charge in [0.2, 0.25) is 0 Å². The number of carbonyl (C=O) groups is 1. The molecule has 2 bridgehead atoms. The summed E-state index contributed by atoms with van der Waals surface area (Å²) < 4.78 is 4.99. The summed E-state index contributed by atoms with van der Waals surface area (Å²) >= 11 is 0. The highest BCUT2D eigenvalue weighted by atomic mass is 16.5. The molecule has 4 unspecified atom stereocenters. The molecule has 0 amide bonds. The minimum atomic E-state index is -0.124. The highest BCUT2D eigenvalue weighted by Crippen LogP contribution is 2.63. The van der Waals surface area contributed by atoms with Crippen LogP contribution in [-0.4, -0.2) is 12.6 Å². The molecule has 4 atom stereocenters. The minimum Gasteiger partial charge on any atom is -0.463 e. The molecular formula is C13H18O2. The van der Waals surface area contributed by atoms with Gasteiger partial charge in [0.15, 0.2) is 0 Å². The van der Waals surface area contributed by atoms with Gasteiger partial charge in [-0.1, -0.05) is 5.57 Å². The molecule has 2 nitrogen and oxygen atoms in total. The molecule has 0 radical (unpaired) electrons. The molecule has 0 aromatic carbocycles. The average Bonchev–Trinajstić information content (AvgIpc) is 2.38. The lowest BCUT2D eigenvalue weighted by Gasteiger charge is -2.44. The number of rotatable bonds is 2.